The van der Waals surface area contributed by atoms with E-state index in [0.29, 0.717) is 23.6 Å². The van der Waals surface area contributed by atoms with E-state index in [9.17, 15) is 4.79 Å². The van der Waals surface area contributed by atoms with Crippen molar-refractivity contribution in [2.75, 3.05) is 13.1 Å². The number of carbonyl (C=O) groups excluding carboxylic acids is 1. The number of halogens is 1. The Kier molecular flexibility index (Phi) is 12.2. The molecule has 3 aromatic rings. The summed E-state index contributed by atoms with van der Waals surface area (Å²) < 4.78 is 0. The van der Waals surface area contributed by atoms with Gasteiger partial charge >= 0.3 is 0 Å². The van der Waals surface area contributed by atoms with Gasteiger partial charge in [0.15, 0.2) is 5.78 Å². The summed E-state index contributed by atoms with van der Waals surface area (Å²) in [5.74, 6) is -0.0485. The highest BCUT2D eigenvalue weighted by atomic mass is 35.5. The zero-order valence-corrected chi connectivity index (χ0v) is 22.7. The Morgan fingerprint density at radius 2 is 1.53 bits per heavy atom. The molecule has 0 aliphatic heterocycles. The van der Waals surface area contributed by atoms with E-state index in [4.69, 9.17) is 23.1 Å². The molecule has 0 saturated heterocycles. The highest BCUT2D eigenvalue weighted by Gasteiger charge is 2.22. The molecule has 1 atom stereocenters. The van der Waals surface area contributed by atoms with Gasteiger partial charge in [-0.15, -0.1) is 0 Å². The first-order valence-electron chi connectivity index (χ1n) is 13.9. The molecule has 3 rings (SSSR count). The molecule has 0 aliphatic carbocycles. The molecule has 0 fully saturated rings. The number of Topliss-reactive ketones (excluding diaryl/α,β-unsaturated/α-hetero) is 1. The van der Waals surface area contributed by atoms with E-state index in [1.54, 1.807) is 0 Å². The molecule has 0 aromatic heterocycles. The largest absolute Gasteiger partial charge is 0.330 e. The van der Waals surface area contributed by atoms with E-state index in [1.165, 1.54) is 56.9 Å². The summed E-state index contributed by atoms with van der Waals surface area (Å²) in [6, 6.07) is 13.6. The van der Waals surface area contributed by atoms with Gasteiger partial charge in [0, 0.05) is 22.9 Å². The van der Waals surface area contributed by atoms with Crippen molar-refractivity contribution in [2.45, 2.75) is 90.1 Å². The molecule has 3 aromatic carbocycles. The van der Waals surface area contributed by atoms with Crippen LogP contribution in [0.1, 0.15) is 93.5 Å². The number of nitrogens with two attached hydrogens (primary N) is 2. The molecule has 0 saturated carbocycles. The third kappa shape index (κ3) is 7.52. The molecule has 0 heterocycles. The minimum atomic E-state index is -0.548. The van der Waals surface area contributed by atoms with Gasteiger partial charge in [-0.05, 0) is 48.7 Å². The summed E-state index contributed by atoms with van der Waals surface area (Å²) in [6.45, 7) is 4.60. The van der Waals surface area contributed by atoms with Gasteiger partial charge in [0.2, 0.25) is 0 Å². The van der Waals surface area contributed by atoms with E-state index in [0.717, 1.165) is 47.5 Å². The number of ketones is 1. The normalized spacial score (nSPS) is 12.4. The molecule has 5 heteroatoms. The number of unbranched alkanes of at least 4 members (excludes halogenated alkanes) is 8. The average molecular weight is 510 g/mol. The minimum absolute atomic E-state index is 0.0485. The lowest BCUT2D eigenvalue weighted by atomic mass is 9.90. The van der Waals surface area contributed by atoms with Crippen LogP contribution in [0.4, 0.5) is 0 Å². The van der Waals surface area contributed by atoms with Gasteiger partial charge in [-0.3, -0.25) is 4.79 Å². The number of hydrogen-bond acceptors (Lipinski definition) is 4. The van der Waals surface area contributed by atoms with Crippen molar-refractivity contribution < 1.29 is 4.79 Å². The summed E-state index contributed by atoms with van der Waals surface area (Å²) in [5, 5.41) is 8.25. The predicted octanol–water partition coefficient (Wildman–Crippen LogP) is 7.52. The summed E-state index contributed by atoms with van der Waals surface area (Å²) >= 11 is 6.96. The number of hydrogen-bond donors (Lipinski definition) is 3. The van der Waals surface area contributed by atoms with Gasteiger partial charge in [0.25, 0.3) is 0 Å². The lowest BCUT2D eigenvalue weighted by Crippen LogP contribution is -2.30. The molecule has 36 heavy (non-hydrogen) atoms. The van der Waals surface area contributed by atoms with Crippen LogP contribution in [0.5, 0.6) is 0 Å². The Morgan fingerprint density at radius 3 is 2.25 bits per heavy atom. The predicted molar refractivity (Wildman–Crippen MR) is 156 cm³/mol. The van der Waals surface area contributed by atoms with Gasteiger partial charge in [0.1, 0.15) is 0 Å². The third-order valence-corrected chi connectivity index (χ3v) is 7.57. The fraction of sp³-hybridized carbons (Fsp3) is 0.516. The Morgan fingerprint density at radius 1 is 0.861 bits per heavy atom. The van der Waals surface area contributed by atoms with Crippen molar-refractivity contribution in [1.29, 1.82) is 0 Å². The molecular weight excluding hydrogens is 466 g/mol. The Bertz CT molecular complexity index is 1110. The summed E-state index contributed by atoms with van der Waals surface area (Å²) in [7, 11) is 0. The van der Waals surface area contributed by atoms with Crippen LogP contribution in [0.15, 0.2) is 42.5 Å². The lowest BCUT2D eigenvalue weighted by molar-refractivity contribution is 0.0957. The van der Waals surface area contributed by atoms with Gasteiger partial charge < -0.3 is 16.8 Å². The topological polar surface area (TPSA) is 81.1 Å². The lowest BCUT2D eigenvalue weighted by Gasteiger charge is -2.18. The summed E-state index contributed by atoms with van der Waals surface area (Å²) in [4.78, 5) is 13.4. The van der Waals surface area contributed by atoms with Crippen molar-refractivity contribution in [3.8, 4) is 0 Å². The maximum atomic E-state index is 13.4. The van der Waals surface area contributed by atoms with Crippen LogP contribution >= 0.6 is 11.6 Å². The molecule has 0 amide bonds. The standard InChI is InChI=1S/C31H44ClN3O/c1-2-3-4-5-6-7-8-13-21-35-22-27-23-15-9-10-16-25(23)30(32)29-24(27)17-14-18-26(29)31(36)28(34)19-11-12-20-33/h9-10,14-18,28,35H,2-8,11-13,19-22,33-34H2,1H3/t28-/m0/s1. The van der Waals surface area contributed by atoms with Gasteiger partial charge in [-0.2, -0.15) is 0 Å². The van der Waals surface area contributed by atoms with Crippen molar-refractivity contribution >= 4 is 38.9 Å². The molecule has 0 aliphatic rings. The van der Waals surface area contributed by atoms with Crippen LogP contribution in [0, 0.1) is 0 Å². The van der Waals surface area contributed by atoms with Crippen LogP contribution < -0.4 is 16.8 Å². The number of carbonyl (C=O) groups is 1. The van der Waals surface area contributed by atoms with Crippen LogP contribution in [-0.4, -0.2) is 24.9 Å². The van der Waals surface area contributed by atoms with Crippen molar-refractivity contribution in [1.82, 2.24) is 5.32 Å². The van der Waals surface area contributed by atoms with Gasteiger partial charge in [-0.25, -0.2) is 0 Å². The Balaban J connectivity index is 1.77. The first-order valence-corrected chi connectivity index (χ1v) is 14.3. The maximum Gasteiger partial charge on any atom is 0.180 e. The van der Waals surface area contributed by atoms with E-state index < -0.39 is 6.04 Å². The van der Waals surface area contributed by atoms with Gasteiger partial charge in [-0.1, -0.05) is 112 Å². The van der Waals surface area contributed by atoms with Crippen molar-refractivity contribution in [3.63, 3.8) is 0 Å². The molecule has 0 bridgehead atoms. The zero-order chi connectivity index (χ0) is 25.8. The number of nitrogens with one attached hydrogen (secondary N) is 1. The van der Waals surface area contributed by atoms with E-state index in [2.05, 4.69) is 30.4 Å². The van der Waals surface area contributed by atoms with Crippen LogP contribution in [0.3, 0.4) is 0 Å². The average Bonchev–Trinajstić information content (AvgIpc) is 2.90. The van der Waals surface area contributed by atoms with Crippen LogP contribution in [-0.2, 0) is 6.54 Å². The molecule has 0 unspecified atom stereocenters. The molecule has 5 N–H and O–H groups in total. The summed E-state index contributed by atoms with van der Waals surface area (Å²) in [5.41, 5.74) is 13.7. The second-order valence-corrected chi connectivity index (χ2v) is 10.4. The molecule has 4 nitrogen and oxygen atoms in total. The molecule has 0 spiro atoms. The monoisotopic (exact) mass is 509 g/mol. The second-order valence-electron chi connectivity index (χ2n) is 9.97. The molecule has 0 radical (unpaired) electrons. The first kappa shape index (κ1) is 28.6. The first-order chi connectivity index (χ1) is 17.6. The minimum Gasteiger partial charge on any atom is -0.330 e. The third-order valence-electron chi connectivity index (χ3n) is 7.18. The Hall–Kier alpha value is -1.98. The second kappa shape index (κ2) is 15.3. The van der Waals surface area contributed by atoms with Crippen molar-refractivity contribution in [3.05, 3.63) is 58.6 Å². The molecule has 196 valence electrons. The quantitative estimate of drug-likeness (QED) is 0.0998. The number of fused-ring (bicyclic) bond motifs is 2. The number of benzene rings is 3. The number of rotatable bonds is 17. The van der Waals surface area contributed by atoms with Crippen LogP contribution in [0.2, 0.25) is 5.02 Å². The highest BCUT2D eigenvalue weighted by molar-refractivity contribution is 6.42. The maximum absolute atomic E-state index is 13.4. The highest BCUT2D eigenvalue weighted by Crippen LogP contribution is 2.38. The fourth-order valence-electron chi connectivity index (χ4n) is 5.09. The molecular formula is C31H44ClN3O. The summed E-state index contributed by atoms with van der Waals surface area (Å²) in [6.07, 6.45) is 12.8. The van der Waals surface area contributed by atoms with E-state index in [1.807, 2.05) is 24.3 Å². The Labute approximate surface area is 222 Å². The zero-order valence-electron chi connectivity index (χ0n) is 22.0. The van der Waals surface area contributed by atoms with Crippen molar-refractivity contribution in [2.24, 2.45) is 11.5 Å². The van der Waals surface area contributed by atoms with E-state index >= 15 is 0 Å². The van der Waals surface area contributed by atoms with Crippen LogP contribution in [0.25, 0.3) is 21.5 Å². The van der Waals surface area contributed by atoms with E-state index in [-0.39, 0.29) is 5.78 Å². The van der Waals surface area contributed by atoms with Gasteiger partial charge in [0.05, 0.1) is 11.1 Å². The smallest absolute Gasteiger partial charge is 0.180 e. The SMILES string of the molecule is CCCCCCCCCCNCc1c2ccccc2c(Cl)c2c(C(=O)[C@@H](N)CCCCN)cccc12. The fourth-order valence-corrected chi connectivity index (χ4v) is 5.46.